The van der Waals surface area contributed by atoms with Gasteiger partial charge >= 0.3 is 0 Å². The van der Waals surface area contributed by atoms with Crippen LogP contribution in [0.4, 0.5) is 8.78 Å². The topological polar surface area (TPSA) is 69.1 Å². The van der Waals surface area contributed by atoms with Gasteiger partial charge < -0.3 is 8.94 Å². The van der Waals surface area contributed by atoms with Crippen LogP contribution in [-0.4, -0.2) is 22.3 Å². The van der Waals surface area contributed by atoms with Crippen LogP contribution in [0.5, 0.6) is 0 Å². The zero-order valence-corrected chi connectivity index (χ0v) is 10.0. The highest BCUT2D eigenvalue weighted by molar-refractivity contribution is 5.83. The number of hydrogen-bond donors (Lipinski definition) is 0. The lowest BCUT2D eigenvalue weighted by Crippen LogP contribution is -2.12. The number of halogens is 2. The number of alkyl halides is 2. The van der Waals surface area contributed by atoms with E-state index in [1.165, 1.54) is 0 Å². The summed E-state index contributed by atoms with van der Waals surface area (Å²) in [6.07, 6.45) is -3.64. The fourth-order valence-corrected chi connectivity index (χ4v) is 1.75. The van der Waals surface area contributed by atoms with Crippen molar-refractivity contribution >= 4 is 16.8 Å². The Morgan fingerprint density at radius 2 is 2.10 bits per heavy atom. The van der Waals surface area contributed by atoms with Crippen LogP contribution in [-0.2, 0) is 11.2 Å². The molecule has 20 heavy (non-hydrogen) atoms. The molecule has 0 aliphatic carbocycles. The van der Waals surface area contributed by atoms with Crippen LogP contribution in [0.1, 0.15) is 5.89 Å². The van der Waals surface area contributed by atoms with Crippen LogP contribution < -0.4 is 0 Å². The number of nitrogens with zero attached hydrogens (tertiary/aromatic N) is 2. The predicted octanol–water partition coefficient (Wildman–Crippen LogP) is 2.86. The molecule has 0 atom stereocenters. The summed E-state index contributed by atoms with van der Waals surface area (Å²) in [4.78, 5) is 14.8. The molecule has 0 bridgehead atoms. The molecule has 0 N–H and O–H groups in total. The molecule has 3 aromatic rings. The molecule has 102 valence electrons. The Morgan fingerprint density at radius 3 is 2.85 bits per heavy atom. The van der Waals surface area contributed by atoms with Crippen molar-refractivity contribution in [2.45, 2.75) is 12.8 Å². The number of Topliss-reactive ketones (excluding diaryl/α,β-unsaturated/α-hetero) is 1. The van der Waals surface area contributed by atoms with Crippen molar-refractivity contribution in [3.05, 3.63) is 36.2 Å². The molecule has 0 unspecified atom stereocenters. The molecule has 0 spiro atoms. The van der Waals surface area contributed by atoms with Crippen LogP contribution in [0.2, 0.25) is 0 Å². The lowest BCUT2D eigenvalue weighted by Gasteiger charge is -1.92. The molecule has 0 radical (unpaired) electrons. The van der Waals surface area contributed by atoms with Gasteiger partial charge in [-0.05, 0) is 12.1 Å². The summed E-state index contributed by atoms with van der Waals surface area (Å²) in [5.41, 5.74) is 0.650. The van der Waals surface area contributed by atoms with Crippen molar-refractivity contribution in [1.82, 2.24) is 10.1 Å². The number of furan rings is 1. The van der Waals surface area contributed by atoms with Crippen LogP contribution in [0.15, 0.2) is 39.3 Å². The Morgan fingerprint density at radius 1 is 1.30 bits per heavy atom. The normalized spacial score (nSPS) is 11.3. The van der Waals surface area contributed by atoms with Gasteiger partial charge in [0.2, 0.25) is 17.5 Å². The molecule has 3 rings (SSSR count). The Balaban J connectivity index is 1.87. The fraction of sp³-hybridized carbons (Fsp3) is 0.154. The van der Waals surface area contributed by atoms with Gasteiger partial charge in [0.15, 0.2) is 5.76 Å². The van der Waals surface area contributed by atoms with E-state index < -0.39 is 18.6 Å². The first-order valence-electron chi connectivity index (χ1n) is 5.76. The molecule has 0 aliphatic heterocycles. The van der Waals surface area contributed by atoms with Gasteiger partial charge in [0, 0.05) is 5.39 Å². The minimum atomic E-state index is -3.04. The van der Waals surface area contributed by atoms with E-state index in [1.54, 1.807) is 12.1 Å². The molecule has 2 heterocycles. The summed E-state index contributed by atoms with van der Waals surface area (Å²) in [7, 11) is 0. The van der Waals surface area contributed by atoms with Crippen LogP contribution in [0.3, 0.4) is 0 Å². The molecular weight excluding hydrogens is 270 g/mol. The molecule has 0 aliphatic rings. The molecule has 7 heteroatoms. The maximum atomic E-state index is 12.1. The largest absolute Gasteiger partial charge is 0.453 e. The van der Waals surface area contributed by atoms with E-state index in [-0.39, 0.29) is 11.7 Å². The van der Waals surface area contributed by atoms with Crippen molar-refractivity contribution in [3.8, 4) is 11.6 Å². The van der Waals surface area contributed by atoms with E-state index in [9.17, 15) is 13.6 Å². The van der Waals surface area contributed by atoms with E-state index in [1.807, 2.05) is 18.2 Å². The van der Waals surface area contributed by atoms with Crippen LogP contribution in [0, 0.1) is 0 Å². The first kappa shape index (κ1) is 12.5. The summed E-state index contributed by atoms with van der Waals surface area (Å²) in [5, 5.41) is 4.48. The van der Waals surface area contributed by atoms with Crippen molar-refractivity contribution in [2.75, 3.05) is 0 Å². The average Bonchev–Trinajstić information content (AvgIpc) is 3.03. The second-order valence-electron chi connectivity index (χ2n) is 4.10. The van der Waals surface area contributed by atoms with Gasteiger partial charge in [-0.15, -0.1) is 0 Å². The zero-order valence-electron chi connectivity index (χ0n) is 10.0. The SMILES string of the molecule is O=C(Cc1nc(-c2cc3ccccc3o2)no1)C(F)F. The number of carbonyl (C=O) groups is 1. The fourth-order valence-electron chi connectivity index (χ4n) is 1.75. The van der Waals surface area contributed by atoms with E-state index >= 15 is 0 Å². The molecule has 0 saturated heterocycles. The smallest absolute Gasteiger partial charge is 0.296 e. The molecule has 0 fully saturated rings. The summed E-state index contributed by atoms with van der Waals surface area (Å²) >= 11 is 0. The summed E-state index contributed by atoms with van der Waals surface area (Å²) in [6, 6.07) is 9.01. The second kappa shape index (κ2) is 4.84. The average molecular weight is 278 g/mol. The van der Waals surface area contributed by atoms with E-state index in [0.29, 0.717) is 11.3 Å². The van der Waals surface area contributed by atoms with Crippen molar-refractivity contribution in [2.24, 2.45) is 0 Å². The number of fused-ring (bicyclic) bond motifs is 1. The minimum Gasteiger partial charge on any atom is -0.453 e. The predicted molar refractivity (Wildman–Crippen MR) is 64.2 cm³/mol. The van der Waals surface area contributed by atoms with E-state index in [4.69, 9.17) is 8.94 Å². The first-order chi connectivity index (χ1) is 9.63. The van der Waals surface area contributed by atoms with Crippen molar-refractivity contribution < 1.29 is 22.5 Å². The number of carbonyl (C=O) groups excluding carboxylic acids is 1. The third-order valence-corrected chi connectivity index (χ3v) is 2.68. The monoisotopic (exact) mass is 278 g/mol. The van der Waals surface area contributed by atoms with Crippen molar-refractivity contribution in [1.29, 1.82) is 0 Å². The number of hydrogen-bond acceptors (Lipinski definition) is 5. The molecule has 5 nitrogen and oxygen atoms in total. The van der Waals surface area contributed by atoms with Gasteiger partial charge in [-0.2, -0.15) is 4.98 Å². The van der Waals surface area contributed by atoms with Gasteiger partial charge in [0.1, 0.15) is 5.58 Å². The first-order valence-corrected chi connectivity index (χ1v) is 5.76. The number of rotatable bonds is 4. The van der Waals surface area contributed by atoms with Gasteiger partial charge in [-0.25, -0.2) is 8.78 Å². The Kier molecular flexibility index (Phi) is 3.02. The van der Waals surface area contributed by atoms with Gasteiger partial charge in [-0.1, -0.05) is 23.4 Å². The maximum Gasteiger partial charge on any atom is 0.296 e. The van der Waals surface area contributed by atoms with Gasteiger partial charge in [0.25, 0.3) is 6.43 Å². The molecule has 2 aromatic heterocycles. The second-order valence-corrected chi connectivity index (χ2v) is 4.10. The highest BCUT2D eigenvalue weighted by atomic mass is 19.3. The zero-order chi connectivity index (χ0) is 14.1. The molecule has 0 saturated carbocycles. The quantitative estimate of drug-likeness (QED) is 0.734. The molecule has 1 aromatic carbocycles. The summed E-state index contributed by atoms with van der Waals surface area (Å²) in [6.45, 7) is 0. The number of ketones is 1. The third-order valence-electron chi connectivity index (χ3n) is 2.68. The highest BCUT2D eigenvalue weighted by Gasteiger charge is 2.20. The van der Waals surface area contributed by atoms with E-state index in [0.717, 1.165) is 5.39 Å². The van der Waals surface area contributed by atoms with E-state index in [2.05, 4.69) is 10.1 Å². The lowest BCUT2D eigenvalue weighted by atomic mass is 10.2. The van der Waals surface area contributed by atoms with Gasteiger partial charge in [0.05, 0.1) is 6.42 Å². The lowest BCUT2D eigenvalue weighted by molar-refractivity contribution is -0.129. The number of benzene rings is 1. The summed E-state index contributed by atoms with van der Waals surface area (Å²) < 4.78 is 34.5. The summed E-state index contributed by atoms with van der Waals surface area (Å²) in [5.74, 6) is -0.945. The van der Waals surface area contributed by atoms with Crippen molar-refractivity contribution in [3.63, 3.8) is 0 Å². The number of para-hydroxylation sites is 1. The molecule has 0 amide bonds. The molecular formula is C13H8F2N2O3. The third kappa shape index (κ3) is 2.29. The van der Waals surface area contributed by atoms with Gasteiger partial charge in [-0.3, -0.25) is 4.79 Å². The highest BCUT2D eigenvalue weighted by Crippen LogP contribution is 2.25. The van der Waals surface area contributed by atoms with Crippen LogP contribution >= 0.6 is 0 Å². The Hall–Kier alpha value is -2.57. The maximum absolute atomic E-state index is 12.1. The number of aromatic nitrogens is 2. The standard InChI is InChI=1S/C13H8F2N2O3/c14-12(15)8(18)6-11-16-13(17-20-11)10-5-7-3-1-2-4-9(7)19-10/h1-5,12H,6H2. The Labute approximate surface area is 111 Å². The van der Waals surface area contributed by atoms with Crippen LogP contribution in [0.25, 0.3) is 22.6 Å². The Bertz CT molecular complexity index is 731. The minimum absolute atomic E-state index is 0.123.